The van der Waals surface area contributed by atoms with E-state index in [0.717, 1.165) is 12.1 Å². The number of nitrogens with zero attached hydrogens (tertiary/aromatic N) is 1. The molecule has 0 bridgehead atoms. The van der Waals surface area contributed by atoms with E-state index in [0.29, 0.717) is 11.6 Å². The van der Waals surface area contributed by atoms with E-state index < -0.39 is 11.8 Å². The summed E-state index contributed by atoms with van der Waals surface area (Å²) in [4.78, 5) is 14.9. The van der Waals surface area contributed by atoms with Crippen LogP contribution in [0.3, 0.4) is 0 Å². The van der Waals surface area contributed by atoms with Crippen molar-refractivity contribution in [2.75, 3.05) is 7.11 Å². The van der Waals surface area contributed by atoms with E-state index in [1.165, 1.54) is 31.5 Å². The van der Waals surface area contributed by atoms with E-state index >= 15 is 0 Å². The van der Waals surface area contributed by atoms with Crippen molar-refractivity contribution in [2.24, 2.45) is 0 Å². The van der Waals surface area contributed by atoms with E-state index in [4.69, 9.17) is 14.6 Å². The first-order valence-corrected chi connectivity index (χ1v) is 5.31. The number of carboxylic acid groups (broad SMARTS) is 1. The van der Waals surface area contributed by atoms with Crippen LogP contribution in [0.1, 0.15) is 10.4 Å². The van der Waals surface area contributed by atoms with Crippen molar-refractivity contribution >= 4 is 5.97 Å². The summed E-state index contributed by atoms with van der Waals surface area (Å²) in [6.45, 7) is 0. The maximum Gasteiger partial charge on any atom is 0.339 e. The highest BCUT2D eigenvalue weighted by atomic mass is 19.1. The van der Waals surface area contributed by atoms with Gasteiger partial charge in [-0.25, -0.2) is 14.2 Å². The van der Waals surface area contributed by atoms with Crippen molar-refractivity contribution in [1.82, 2.24) is 4.98 Å². The normalized spacial score (nSPS) is 10.0. The monoisotopic (exact) mass is 263 g/mol. The van der Waals surface area contributed by atoms with E-state index in [1.807, 2.05) is 0 Å². The summed E-state index contributed by atoms with van der Waals surface area (Å²) < 4.78 is 23.3. The summed E-state index contributed by atoms with van der Waals surface area (Å²) in [6, 6.07) is 6.31. The fourth-order valence-corrected chi connectivity index (χ4v) is 1.45. The van der Waals surface area contributed by atoms with Crippen molar-refractivity contribution < 1.29 is 23.8 Å². The molecule has 0 saturated carbocycles. The van der Waals surface area contributed by atoms with Crippen molar-refractivity contribution in [3.8, 4) is 17.4 Å². The summed E-state index contributed by atoms with van der Waals surface area (Å²) in [5.74, 6) is -1.19. The van der Waals surface area contributed by atoms with Crippen LogP contribution < -0.4 is 9.47 Å². The zero-order valence-corrected chi connectivity index (χ0v) is 9.96. The van der Waals surface area contributed by atoms with Crippen LogP contribution in [0.25, 0.3) is 0 Å². The molecule has 0 saturated heterocycles. The molecule has 1 heterocycles. The predicted molar refractivity (Wildman–Crippen MR) is 64.2 cm³/mol. The Hall–Kier alpha value is -2.63. The fraction of sp³-hybridized carbons (Fsp3) is 0.0769. The van der Waals surface area contributed by atoms with E-state index in [-0.39, 0.29) is 11.3 Å². The van der Waals surface area contributed by atoms with Gasteiger partial charge in [-0.15, -0.1) is 0 Å². The van der Waals surface area contributed by atoms with Gasteiger partial charge in [-0.3, -0.25) is 0 Å². The molecule has 2 rings (SSSR count). The number of carbonyl (C=O) groups is 1. The van der Waals surface area contributed by atoms with Crippen LogP contribution in [-0.2, 0) is 0 Å². The summed E-state index contributed by atoms with van der Waals surface area (Å²) >= 11 is 0. The minimum Gasteiger partial charge on any atom is -0.481 e. The Morgan fingerprint density at radius 3 is 2.79 bits per heavy atom. The van der Waals surface area contributed by atoms with Gasteiger partial charge in [0.2, 0.25) is 5.88 Å². The average molecular weight is 263 g/mol. The van der Waals surface area contributed by atoms with E-state index in [9.17, 15) is 9.18 Å². The molecule has 5 nitrogen and oxygen atoms in total. The second-order valence-electron chi connectivity index (χ2n) is 3.58. The highest BCUT2D eigenvalue weighted by Crippen LogP contribution is 2.27. The molecule has 0 amide bonds. The molecule has 0 spiro atoms. The van der Waals surface area contributed by atoms with Crippen molar-refractivity contribution in [3.05, 3.63) is 47.9 Å². The van der Waals surface area contributed by atoms with Gasteiger partial charge in [0.05, 0.1) is 7.11 Å². The third-order valence-electron chi connectivity index (χ3n) is 2.32. The molecule has 19 heavy (non-hydrogen) atoms. The number of halogens is 1. The average Bonchev–Trinajstić information content (AvgIpc) is 2.41. The largest absolute Gasteiger partial charge is 0.481 e. The van der Waals surface area contributed by atoms with Gasteiger partial charge in [-0.2, -0.15) is 0 Å². The van der Waals surface area contributed by atoms with Crippen LogP contribution in [0.2, 0.25) is 0 Å². The Kier molecular flexibility index (Phi) is 3.61. The Morgan fingerprint density at radius 1 is 1.32 bits per heavy atom. The predicted octanol–water partition coefficient (Wildman–Crippen LogP) is 2.72. The van der Waals surface area contributed by atoms with Gasteiger partial charge in [0.25, 0.3) is 0 Å². The van der Waals surface area contributed by atoms with Crippen molar-refractivity contribution in [1.29, 1.82) is 0 Å². The summed E-state index contributed by atoms with van der Waals surface area (Å²) in [5.41, 5.74) is -0.254. The second kappa shape index (κ2) is 5.34. The van der Waals surface area contributed by atoms with Gasteiger partial charge in [0.1, 0.15) is 22.9 Å². The molecular weight excluding hydrogens is 253 g/mol. The number of hydrogen-bond donors (Lipinski definition) is 1. The molecule has 0 aliphatic carbocycles. The van der Waals surface area contributed by atoms with E-state index in [1.54, 1.807) is 0 Å². The zero-order chi connectivity index (χ0) is 13.8. The van der Waals surface area contributed by atoms with Gasteiger partial charge in [0.15, 0.2) is 0 Å². The quantitative estimate of drug-likeness (QED) is 0.918. The second-order valence-corrected chi connectivity index (χ2v) is 3.58. The molecule has 1 aromatic heterocycles. The number of rotatable bonds is 4. The molecular formula is C13H10FNO4. The number of benzene rings is 1. The zero-order valence-electron chi connectivity index (χ0n) is 9.96. The Balaban J connectivity index is 2.34. The topological polar surface area (TPSA) is 68.7 Å². The first-order valence-electron chi connectivity index (χ1n) is 5.31. The van der Waals surface area contributed by atoms with Crippen molar-refractivity contribution in [2.45, 2.75) is 0 Å². The van der Waals surface area contributed by atoms with E-state index in [2.05, 4.69) is 4.98 Å². The van der Waals surface area contributed by atoms with Gasteiger partial charge >= 0.3 is 5.97 Å². The van der Waals surface area contributed by atoms with Gasteiger partial charge in [-0.05, 0) is 24.3 Å². The molecule has 0 unspecified atom stereocenters. The summed E-state index contributed by atoms with van der Waals surface area (Å²) in [6.07, 6.45) is 1.46. The minimum absolute atomic E-state index is 0.0437. The number of methoxy groups -OCH3 is 1. The standard InChI is InChI=1S/C13H10FNO4/c1-18-12-7-9(4-5-15-12)19-11-3-2-8(14)6-10(11)13(16)17/h2-7H,1H3,(H,16,17). The molecule has 0 aliphatic rings. The third kappa shape index (κ3) is 2.98. The first kappa shape index (κ1) is 12.8. The minimum atomic E-state index is -1.27. The lowest BCUT2D eigenvalue weighted by Crippen LogP contribution is -2.01. The van der Waals surface area contributed by atoms with Crippen LogP contribution in [0.15, 0.2) is 36.5 Å². The molecule has 98 valence electrons. The number of pyridine rings is 1. The Labute approximate surface area is 108 Å². The lowest BCUT2D eigenvalue weighted by molar-refractivity contribution is 0.0693. The maximum atomic E-state index is 13.0. The summed E-state index contributed by atoms with van der Waals surface area (Å²) in [7, 11) is 1.45. The fourth-order valence-electron chi connectivity index (χ4n) is 1.45. The number of hydrogen-bond acceptors (Lipinski definition) is 4. The lowest BCUT2D eigenvalue weighted by atomic mass is 10.2. The maximum absolute atomic E-state index is 13.0. The Bertz CT molecular complexity index is 615. The van der Waals surface area contributed by atoms with Crippen LogP contribution in [0.4, 0.5) is 4.39 Å². The highest BCUT2D eigenvalue weighted by Gasteiger charge is 2.13. The molecule has 0 radical (unpaired) electrons. The molecule has 1 aromatic carbocycles. The number of aromatic carboxylic acids is 1. The third-order valence-corrected chi connectivity index (χ3v) is 2.32. The smallest absolute Gasteiger partial charge is 0.339 e. The SMILES string of the molecule is COc1cc(Oc2ccc(F)cc2C(=O)O)ccn1. The van der Waals surface area contributed by atoms with Gasteiger partial charge in [0, 0.05) is 12.3 Å². The molecule has 0 fully saturated rings. The van der Waals surface area contributed by atoms with Crippen LogP contribution >= 0.6 is 0 Å². The first-order chi connectivity index (χ1) is 9.10. The molecule has 0 atom stereocenters. The molecule has 0 aliphatic heterocycles. The number of ether oxygens (including phenoxy) is 2. The van der Waals surface area contributed by atoms with Crippen LogP contribution in [0.5, 0.6) is 17.4 Å². The lowest BCUT2D eigenvalue weighted by Gasteiger charge is -2.09. The van der Waals surface area contributed by atoms with Crippen LogP contribution in [0, 0.1) is 5.82 Å². The van der Waals surface area contributed by atoms with Gasteiger partial charge < -0.3 is 14.6 Å². The van der Waals surface area contributed by atoms with Gasteiger partial charge in [-0.1, -0.05) is 0 Å². The highest BCUT2D eigenvalue weighted by molar-refractivity contribution is 5.91. The number of aromatic nitrogens is 1. The molecule has 1 N–H and O–H groups in total. The Morgan fingerprint density at radius 2 is 2.11 bits per heavy atom. The summed E-state index contributed by atoms with van der Waals surface area (Å²) in [5, 5.41) is 8.99. The number of carboxylic acids is 1. The molecule has 2 aromatic rings. The van der Waals surface area contributed by atoms with Crippen LogP contribution in [-0.4, -0.2) is 23.2 Å². The molecule has 6 heteroatoms. The van der Waals surface area contributed by atoms with Crippen molar-refractivity contribution in [3.63, 3.8) is 0 Å².